The molecule has 8 nitrogen and oxygen atoms in total. The molecule has 1 saturated heterocycles. The molecule has 8 heteroatoms. The zero-order valence-corrected chi connectivity index (χ0v) is 12.0. The van der Waals surface area contributed by atoms with Crippen molar-refractivity contribution in [1.82, 2.24) is 15.1 Å². The summed E-state index contributed by atoms with van der Waals surface area (Å²) >= 11 is 0. The van der Waals surface area contributed by atoms with Crippen molar-refractivity contribution in [3.8, 4) is 0 Å². The van der Waals surface area contributed by atoms with E-state index in [9.17, 15) is 14.4 Å². The molecule has 1 heterocycles. The second-order valence-corrected chi connectivity index (χ2v) is 4.96. The van der Waals surface area contributed by atoms with E-state index in [0.717, 1.165) is 0 Å². The fourth-order valence-corrected chi connectivity index (χ4v) is 1.99. The minimum atomic E-state index is -1.04. The predicted octanol–water partition coefficient (Wildman–Crippen LogP) is -0.650. The topological polar surface area (TPSA) is 99.2 Å². The van der Waals surface area contributed by atoms with Crippen LogP contribution in [0, 0.1) is 0 Å². The Morgan fingerprint density at radius 2 is 2.00 bits per heavy atom. The summed E-state index contributed by atoms with van der Waals surface area (Å²) in [5.41, 5.74) is -0.625. The third kappa shape index (κ3) is 4.09. The quantitative estimate of drug-likeness (QED) is 0.676. The van der Waals surface area contributed by atoms with Crippen LogP contribution < -0.4 is 5.32 Å². The van der Waals surface area contributed by atoms with Gasteiger partial charge in [0.2, 0.25) is 5.91 Å². The Hall–Kier alpha value is -1.83. The molecule has 0 radical (unpaired) electrons. The van der Waals surface area contributed by atoms with E-state index in [1.165, 1.54) is 16.8 Å². The van der Waals surface area contributed by atoms with Gasteiger partial charge in [-0.1, -0.05) is 0 Å². The van der Waals surface area contributed by atoms with Crippen LogP contribution in [0.5, 0.6) is 0 Å². The first kappa shape index (κ1) is 16.2. The van der Waals surface area contributed by atoms with E-state index in [4.69, 9.17) is 9.84 Å². The van der Waals surface area contributed by atoms with E-state index in [-0.39, 0.29) is 25.1 Å². The fourth-order valence-electron chi connectivity index (χ4n) is 1.99. The number of carbonyl (C=O) groups excluding carboxylic acids is 2. The van der Waals surface area contributed by atoms with Gasteiger partial charge in [-0.15, -0.1) is 0 Å². The van der Waals surface area contributed by atoms with Crippen LogP contribution in [0.2, 0.25) is 0 Å². The van der Waals surface area contributed by atoms with Crippen molar-refractivity contribution in [2.45, 2.75) is 19.4 Å². The molecule has 0 aromatic carbocycles. The number of nitrogens with one attached hydrogen (secondary N) is 1. The van der Waals surface area contributed by atoms with Gasteiger partial charge in [-0.3, -0.25) is 4.79 Å². The Morgan fingerprint density at radius 1 is 1.40 bits per heavy atom. The lowest BCUT2D eigenvalue weighted by molar-refractivity contribution is -0.160. The first-order chi connectivity index (χ1) is 9.31. The molecule has 0 aromatic rings. The molecular weight excluding hydrogens is 266 g/mol. The molecule has 20 heavy (non-hydrogen) atoms. The Bertz CT molecular complexity index is 393. The van der Waals surface area contributed by atoms with Crippen molar-refractivity contribution in [3.05, 3.63) is 0 Å². The predicted molar refractivity (Wildman–Crippen MR) is 70.3 cm³/mol. The fraction of sp³-hybridized carbons (Fsp3) is 0.750. The average Bonchev–Trinajstić information content (AvgIpc) is 2.38. The van der Waals surface area contributed by atoms with Gasteiger partial charge in [0.25, 0.3) is 0 Å². The maximum atomic E-state index is 12.1. The SMILES string of the molecule is CCN(CC(=O)NC)C(=O)N1CC(C)(OCC(=O)O)C1. The Morgan fingerprint density at radius 3 is 2.45 bits per heavy atom. The molecule has 1 aliphatic rings. The van der Waals surface area contributed by atoms with E-state index in [0.29, 0.717) is 19.6 Å². The van der Waals surface area contributed by atoms with Crippen molar-refractivity contribution < 1.29 is 24.2 Å². The van der Waals surface area contributed by atoms with E-state index in [1.54, 1.807) is 13.8 Å². The van der Waals surface area contributed by atoms with Gasteiger partial charge >= 0.3 is 12.0 Å². The molecule has 1 aliphatic heterocycles. The number of nitrogens with zero attached hydrogens (tertiary/aromatic N) is 2. The number of rotatable bonds is 6. The molecule has 114 valence electrons. The highest BCUT2D eigenvalue weighted by Crippen LogP contribution is 2.25. The summed E-state index contributed by atoms with van der Waals surface area (Å²) in [5.74, 6) is -1.27. The van der Waals surface area contributed by atoms with Crippen molar-refractivity contribution in [2.24, 2.45) is 0 Å². The molecule has 0 unspecified atom stereocenters. The Kier molecular flexibility index (Phi) is 5.32. The summed E-state index contributed by atoms with van der Waals surface area (Å²) in [7, 11) is 1.51. The number of likely N-dealkylation sites (N-methyl/N-ethyl adjacent to an activating group) is 2. The first-order valence-corrected chi connectivity index (χ1v) is 6.41. The molecule has 0 spiro atoms. The van der Waals surface area contributed by atoms with Crippen molar-refractivity contribution >= 4 is 17.9 Å². The number of carbonyl (C=O) groups is 3. The zero-order valence-electron chi connectivity index (χ0n) is 12.0. The van der Waals surface area contributed by atoms with Crippen molar-refractivity contribution in [3.63, 3.8) is 0 Å². The molecule has 3 amide bonds. The highest BCUT2D eigenvalue weighted by Gasteiger charge is 2.44. The maximum absolute atomic E-state index is 12.1. The van der Waals surface area contributed by atoms with Gasteiger partial charge in [0.1, 0.15) is 18.8 Å². The maximum Gasteiger partial charge on any atom is 0.329 e. The summed E-state index contributed by atoms with van der Waals surface area (Å²) in [6.07, 6.45) is 0. The number of aliphatic carboxylic acids is 1. The molecule has 1 rings (SSSR count). The molecule has 0 aromatic heterocycles. The standard InChI is InChI=1S/C12H21N3O5/c1-4-14(5-9(16)13-3)11(19)15-7-12(2,8-15)20-6-10(17)18/h4-8H2,1-3H3,(H,13,16)(H,17,18). The summed E-state index contributed by atoms with van der Waals surface area (Å²) in [5, 5.41) is 11.0. The first-order valence-electron chi connectivity index (χ1n) is 6.41. The van der Waals surface area contributed by atoms with Gasteiger partial charge in [-0.05, 0) is 13.8 Å². The smallest absolute Gasteiger partial charge is 0.329 e. The van der Waals surface area contributed by atoms with Crippen LogP contribution >= 0.6 is 0 Å². The second-order valence-electron chi connectivity index (χ2n) is 4.96. The van der Waals surface area contributed by atoms with E-state index < -0.39 is 11.6 Å². The number of likely N-dealkylation sites (tertiary alicyclic amines) is 1. The van der Waals surface area contributed by atoms with Gasteiger partial charge in [0.05, 0.1) is 13.1 Å². The average molecular weight is 287 g/mol. The van der Waals surface area contributed by atoms with E-state index in [2.05, 4.69) is 5.32 Å². The number of hydrogen-bond donors (Lipinski definition) is 2. The summed E-state index contributed by atoms with van der Waals surface area (Å²) in [6.45, 7) is 4.25. The van der Waals surface area contributed by atoms with Crippen LogP contribution in [0.25, 0.3) is 0 Å². The second kappa shape index (κ2) is 6.56. The molecule has 1 fully saturated rings. The van der Waals surface area contributed by atoms with Crippen LogP contribution in [0.1, 0.15) is 13.8 Å². The molecule has 0 aliphatic carbocycles. The van der Waals surface area contributed by atoms with Crippen LogP contribution in [0.3, 0.4) is 0 Å². The van der Waals surface area contributed by atoms with Crippen LogP contribution in [-0.4, -0.2) is 78.2 Å². The monoisotopic (exact) mass is 287 g/mol. The third-order valence-electron chi connectivity index (χ3n) is 3.13. The lowest BCUT2D eigenvalue weighted by Gasteiger charge is -2.48. The summed E-state index contributed by atoms with van der Waals surface area (Å²) < 4.78 is 5.23. The highest BCUT2D eigenvalue weighted by atomic mass is 16.5. The van der Waals surface area contributed by atoms with Gasteiger partial charge < -0.3 is 25.0 Å². The van der Waals surface area contributed by atoms with Crippen molar-refractivity contribution in [2.75, 3.05) is 39.8 Å². The number of ether oxygens (including phenoxy) is 1. The molecular formula is C12H21N3O5. The number of urea groups is 1. The lowest BCUT2D eigenvalue weighted by Crippen LogP contribution is -2.66. The molecule has 0 bridgehead atoms. The number of carboxylic acid groups (broad SMARTS) is 1. The largest absolute Gasteiger partial charge is 0.480 e. The third-order valence-corrected chi connectivity index (χ3v) is 3.13. The van der Waals surface area contributed by atoms with Gasteiger partial charge in [-0.2, -0.15) is 0 Å². The summed E-state index contributed by atoms with van der Waals surface area (Å²) in [4.78, 5) is 36.9. The van der Waals surface area contributed by atoms with E-state index >= 15 is 0 Å². The van der Waals surface area contributed by atoms with Crippen LogP contribution in [0.4, 0.5) is 4.79 Å². The van der Waals surface area contributed by atoms with Crippen LogP contribution in [-0.2, 0) is 14.3 Å². The zero-order chi connectivity index (χ0) is 15.3. The molecule has 0 saturated carbocycles. The van der Waals surface area contributed by atoms with E-state index in [1.807, 2.05) is 0 Å². The van der Waals surface area contributed by atoms with Crippen LogP contribution in [0.15, 0.2) is 0 Å². The van der Waals surface area contributed by atoms with Crippen molar-refractivity contribution in [1.29, 1.82) is 0 Å². The minimum absolute atomic E-state index is 0.00896. The van der Waals surface area contributed by atoms with Gasteiger partial charge in [0.15, 0.2) is 0 Å². The van der Waals surface area contributed by atoms with Gasteiger partial charge in [-0.25, -0.2) is 9.59 Å². The Balaban J connectivity index is 2.46. The highest BCUT2D eigenvalue weighted by molar-refractivity contribution is 5.84. The number of carboxylic acids is 1. The normalized spacial score (nSPS) is 16.2. The number of amides is 3. The minimum Gasteiger partial charge on any atom is -0.480 e. The Labute approximate surface area is 117 Å². The number of hydrogen-bond acceptors (Lipinski definition) is 4. The molecule has 0 atom stereocenters. The molecule has 2 N–H and O–H groups in total. The lowest BCUT2D eigenvalue weighted by atomic mass is 9.97. The summed E-state index contributed by atoms with van der Waals surface area (Å²) in [6, 6.07) is -0.243. The van der Waals surface area contributed by atoms with Gasteiger partial charge in [0, 0.05) is 13.6 Å².